The van der Waals surface area contributed by atoms with E-state index in [1.165, 1.54) is 0 Å². The highest BCUT2D eigenvalue weighted by molar-refractivity contribution is 5.28. The monoisotopic (exact) mass is 454 g/mol. The van der Waals surface area contributed by atoms with Gasteiger partial charge in [0.15, 0.2) is 0 Å². The quantitative estimate of drug-likeness (QED) is 0.211. The van der Waals surface area contributed by atoms with Gasteiger partial charge in [0.2, 0.25) is 0 Å². The molecule has 6 heteroatoms. The van der Waals surface area contributed by atoms with Crippen LogP contribution in [0.5, 0.6) is 0 Å². The predicted molar refractivity (Wildman–Crippen MR) is 127 cm³/mol. The topological polar surface area (TPSA) is 55.4 Å². The standard InChI is InChI=1S/C26H46O6/c1-7-16-27-25(28-17-8-2,29-18-9-3)23-14-13-15-24(22-23)26(30-19-10-4,31-20-11-5)32-21-12-6/h13-15,22H,7-12,16-21H2,1-6H3. The maximum absolute atomic E-state index is 6.21. The second-order valence-corrected chi connectivity index (χ2v) is 7.78. The lowest BCUT2D eigenvalue weighted by atomic mass is 10.1. The lowest BCUT2D eigenvalue weighted by Crippen LogP contribution is -2.40. The van der Waals surface area contributed by atoms with Crippen molar-refractivity contribution < 1.29 is 28.4 Å². The summed E-state index contributed by atoms with van der Waals surface area (Å²) in [5.74, 6) is -2.55. The van der Waals surface area contributed by atoms with Crippen molar-refractivity contribution in [1.82, 2.24) is 0 Å². The van der Waals surface area contributed by atoms with Gasteiger partial charge in [-0.2, -0.15) is 0 Å². The Morgan fingerprint density at radius 1 is 0.469 bits per heavy atom. The van der Waals surface area contributed by atoms with Crippen molar-refractivity contribution in [2.24, 2.45) is 0 Å². The van der Waals surface area contributed by atoms with Crippen molar-refractivity contribution >= 4 is 0 Å². The average Bonchev–Trinajstić information content (AvgIpc) is 2.83. The van der Waals surface area contributed by atoms with E-state index in [0.29, 0.717) is 39.6 Å². The van der Waals surface area contributed by atoms with Crippen LogP contribution in [0.25, 0.3) is 0 Å². The van der Waals surface area contributed by atoms with Crippen molar-refractivity contribution in [3.63, 3.8) is 0 Å². The number of hydrogen-bond donors (Lipinski definition) is 0. The fourth-order valence-corrected chi connectivity index (χ4v) is 3.07. The smallest absolute Gasteiger partial charge is 0.312 e. The molecule has 0 spiro atoms. The molecule has 1 rings (SSSR count). The summed E-state index contributed by atoms with van der Waals surface area (Å²) in [6.45, 7) is 15.6. The first-order valence-corrected chi connectivity index (χ1v) is 12.5. The molecule has 0 heterocycles. The zero-order valence-electron chi connectivity index (χ0n) is 21.2. The van der Waals surface area contributed by atoms with Crippen LogP contribution in [0.4, 0.5) is 0 Å². The van der Waals surface area contributed by atoms with Crippen LogP contribution in [0.1, 0.15) is 91.2 Å². The molecule has 0 amide bonds. The number of ether oxygens (including phenoxy) is 6. The Morgan fingerprint density at radius 3 is 0.938 bits per heavy atom. The SMILES string of the molecule is CCCOC(OCCC)(OCCC)c1cccc(C(OCCC)(OCCC)OCCC)c1. The molecule has 0 saturated heterocycles. The van der Waals surface area contributed by atoms with Crippen molar-refractivity contribution in [2.45, 2.75) is 92.0 Å². The molecule has 1 aromatic rings. The highest BCUT2D eigenvalue weighted by Gasteiger charge is 2.40. The van der Waals surface area contributed by atoms with Gasteiger partial charge in [0, 0.05) is 11.1 Å². The number of benzene rings is 1. The van der Waals surface area contributed by atoms with Crippen molar-refractivity contribution in [2.75, 3.05) is 39.6 Å². The molecule has 0 radical (unpaired) electrons. The van der Waals surface area contributed by atoms with Crippen molar-refractivity contribution in [1.29, 1.82) is 0 Å². The molecular weight excluding hydrogens is 408 g/mol. The molecule has 0 aliphatic rings. The molecule has 32 heavy (non-hydrogen) atoms. The fraction of sp³-hybridized carbons (Fsp3) is 0.769. The summed E-state index contributed by atoms with van der Waals surface area (Å²) in [6, 6.07) is 7.86. The number of rotatable bonds is 20. The normalized spacial score (nSPS) is 12.4. The molecule has 0 fully saturated rings. The molecule has 0 N–H and O–H groups in total. The molecule has 0 aromatic heterocycles. The Bertz CT molecular complexity index is 501. The first-order valence-electron chi connectivity index (χ1n) is 12.5. The predicted octanol–water partition coefficient (Wildman–Crippen LogP) is 6.47. The lowest BCUT2D eigenvalue weighted by molar-refractivity contribution is -0.397. The van der Waals surface area contributed by atoms with Crippen LogP contribution in [0, 0.1) is 0 Å². The molecule has 186 valence electrons. The van der Waals surface area contributed by atoms with Crippen molar-refractivity contribution in [3.8, 4) is 0 Å². The van der Waals surface area contributed by atoms with Gasteiger partial charge in [-0.1, -0.05) is 59.7 Å². The van der Waals surface area contributed by atoms with Crippen LogP contribution in [0.2, 0.25) is 0 Å². The third-order valence-corrected chi connectivity index (χ3v) is 4.55. The highest BCUT2D eigenvalue weighted by Crippen LogP contribution is 2.36. The average molecular weight is 455 g/mol. The minimum absolute atomic E-state index is 0.522. The maximum atomic E-state index is 6.21. The molecule has 0 unspecified atom stereocenters. The van der Waals surface area contributed by atoms with Crippen LogP contribution >= 0.6 is 0 Å². The van der Waals surface area contributed by atoms with E-state index in [0.717, 1.165) is 49.7 Å². The van der Waals surface area contributed by atoms with Gasteiger partial charge in [-0.25, -0.2) is 0 Å². The molecule has 0 aliphatic heterocycles. The largest absolute Gasteiger partial charge is 0.324 e. The van der Waals surface area contributed by atoms with E-state index in [-0.39, 0.29) is 0 Å². The third-order valence-electron chi connectivity index (χ3n) is 4.55. The van der Waals surface area contributed by atoms with E-state index in [1.807, 2.05) is 24.3 Å². The summed E-state index contributed by atoms with van der Waals surface area (Å²) in [4.78, 5) is 0. The minimum atomic E-state index is -1.27. The number of hydrogen-bond acceptors (Lipinski definition) is 6. The van der Waals surface area contributed by atoms with E-state index < -0.39 is 11.9 Å². The summed E-state index contributed by atoms with van der Waals surface area (Å²) >= 11 is 0. The van der Waals surface area contributed by atoms with Crippen molar-refractivity contribution in [3.05, 3.63) is 35.4 Å². The summed E-state index contributed by atoms with van der Waals surface area (Å²) < 4.78 is 37.3. The Hall–Kier alpha value is -1.02. The van der Waals surface area contributed by atoms with Gasteiger partial charge in [0.1, 0.15) is 0 Å². The molecule has 0 aliphatic carbocycles. The van der Waals surface area contributed by atoms with Crippen LogP contribution in [0.15, 0.2) is 24.3 Å². The summed E-state index contributed by atoms with van der Waals surface area (Å²) in [7, 11) is 0. The van der Waals surface area contributed by atoms with E-state index >= 15 is 0 Å². The molecular formula is C26H46O6. The molecule has 0 atom stereocenters. The van der Waals surface area contributed by atoms with E-state index in [1.54, 1.807) is 0 Å². The van der Waals surface area contributed by atoms with Gasteiger partial charge in [0.25, 0.3) is 0 Å². The van der Waals surface area contributed by atoms with Crippen LogP contribution in [-0.2, 0) is 40.4 Å². The first-order chi connectivity index (χ1) is 15.6. The van der Waals surface area contributed by atoms with E-state index in [9.17, 15) is 0 Å². The summed E-state index contributed by atoms with van der Waals surface area (Å²) in [5.41, 5.74) is 1.55. The Labute approximate surface area is 195 Å². The van der Waals surface area contributed by atoms with E-state index in [4.69, 9.17) is 28.4 Å². The molecule has 6 nitrogen and oxygen atoms in total. The zero-order valence-corrected chi connectivity index (χ0v) is 21.2. The Kier molecular flexibility index (Phi) is 15.0. The second kappa shape index (κ2) is 16.6. The second-order valence-electron chi connectivity index (χ2n) is 7.78. The fourth-order valence-electron chi connectivity index (χ4n) is 3.07. The van der Waals surface area contributed by atoms with E-state index in [2.05, 4.69) is 41.5 Å². The maximum Gasteiger partial charge on any atom is 0.312 e. The van der Waals surface area contributed by atoms with Gasteiger partial charge in [-0.05, 0) is 44.6 Å². The Morgan fingerprint density at radius 2 is 0.719 bits per heavy atom. The molecule has 1 aromatic carbocycles. The first kappa shape index (κ1) is 29.0. The lowest BCUT2D eigenvalue weighted by Gasteiger charge is -2.36. The van der Waals surface area contributed by atoms with Gasteiger partial charge in [0.05, 0.1) is 39.6 Å². The van der Waals surface area contributed by atoms with Gasteiger partial charge in [-0.3, -0.25) is 0 Å². The van der Waals surface area contributed by atoms with Gasteiger partial charge >= 0.3 is 11.9 Å². The zero-order chi connectivity index (χ0) is 23.7. The molecule has 0 bridgehead atoms. The summed E-state index contributed by atoms with van der Waals surface area (Å²) in [5, 5.41) is 0. The van der Waals surface area contributed by atoms with Gasteiger partial charge < -0.3 is 28.4 Å². The highest BCUT2D eigenvalue weighted by atomic mass is 16.9. The summed E-state index contributed by atoms with van der Waals surface area (Å²) in [6.07, 6.45) is 5.14. The van der Waals surface area contributed by atoms with Crippen LogP contribution in [0.3, 0.4) is 0 Å². The van der Waals surface area contributed by atoms with Crippen LogP contribution < -0.4 is 0 Å². The van der Waals surface area contributed by atoms with Gasteiger partial charge in [-0.15, -0.1) is 0 Å². The third kappa shape index (κ3) is 8.73. The van der Waals surface area contributed by atoms with Crippen LogP contribution in [-0.4, -0.2) is 39.6 Å². The molecule has 0 saturated carbocycles. The Balaban J connectivity index is 3.49. The minimum Gasteiger partial charge on any atom is -0.324 e.